The van der Waals surface area contributed by atoms with Crippen LogP contribution in [-0.4, -0.2) is 24.6 Å². The number of nitrogens with one attached hydrogen (secondary N) is 2. The first-order valence-corrected chi connectivity index (χ1v) is 7.69. The highest BCUT2D eigenvalue weighted by atomic mass is 16.5. The molecule has 2 N–H and O–H groups in total. The topological polar surface area (TPSA) is 50.4 Å². The van der Waals surface area contributed by atoms with E-state index in [2.05, 4.69) is 24.5 Å². The molecule has 2 rings (SSSR count). The molecular weight excluding hydrogens is 264 g/mol. The average molecular weight is 290 g/mol. The Kier molecular flexibility index (Phi) is 4.88. The lowest BCUT2D eigenvalue weighted by molar-refractivity contribution is -0.121. The number of hydrogen-bond donors (Lipinski definition) is 2. The SMILES string of the molecule is CC(C)Oc1ccc(NC(=O)C2NCCCC2(C)C)cc1. The number of carbonyl (C=O) groups is 1. The summed E-state index contributed by atoms with van der Waals surface area (Å²) in [5.74, 6) is 0.858. The van der Waals surface area contributed by atoms with Gasteiger partial charge in [0.05, 0.1) is 12.1 Å². The van der Waals surface area contributed by atoms with Crippen LogP contribution in [0.1, 0.15) is 40.5 Å². The number of rotatable bonds is 4. The van der Waals surface area contributed by atoms with E-state index in [0.29, 0.717) is 0 Å². The van der Waals surface area contributed by atoms with Crippen molar-refractivity contribution in [1.29, 1.82) is 0 Å². The van der Waals surface area contributed by atoms with Gasteiger partial charge in [-0.3, -0.25) is 4.79 Å². The summed E-state index contributed by atoms with van der Waals surface area (Å²) in [4.78, 5) is 12.4. The first-order valence-electron chi connectivity index (χ1n) is 7.69. The fraction of sp³-hybridized carbons (Fsp3) is 0.588. The number of carbonyl (C=O) groups excluding carboxylic acids is 1. The second-order valence-corrected chi connectivity index (χ2v) is 6.66. The second-order valence-electron chi connectivity index (χ2n) is 6.66. The Labute approximate surface area is 127 Å². The van der Waals surface area contributed by atoms with Crippen molar-refractivity contribution >= 4 is 11.6 Å². The minimum absolute atomic E-state index is 0.0109. The Hall–Kier alpha value is -1.55. The maximum atomic E-state index is 12.4. The van der Waals surface area contributed by atoms with Gasteiger partial charge in [-0.25, -0.2) is 0 Å². The van der Waals surface area contributed by atoms with Crippen LogP contribution < -0.4 is 15.4 Å². The molecule has 0 aliphatic carbocycles. The molecular formula is C17H26N2O2. The van der Waals surface area contributed by atoms with Crippen LogP contribution in [0.25, 0.3) is 0 Å². The average Bonchev–Trinajstić information content (AvgIpc) is 2.39. The van der Waals surface area contributed by atoms with Crippen LogP contribution in [0.4, 0.5) is 5.69 Å². The van der Waals surface area contributed by atoms with Crippen LogP contribution in [-0.2, 0) is 4.79 Å². The van der Waals surface area contributed by atoms with E-state index in [9.17, 15) is 4.79 Å². The lowest BCUT2D eigenvalue weighted by atomic mass is 9.77. The number of benzene rings is 1. The van der Waals surface area contributed by atoms with Gasteiger partial charge in [-0.1, -0.05) is 13.8 Å². The second kappa shape index (κ2) is 6.48. The predicted octanol–water partition coefficient (Wildman–Crippen LogP) is 3.19. The summed E-state index contributed by atoms with van der Waals surface area (Å²) < 4.78 is 5.60. The molecule has 0 spiro atoms. The molecule has 116 valence electrons. The highest BCUT2D eigenvalue weighted by Gasteiger charge is 2.36. The molecule has 1 aromatic rings. The van der Waals surface area contributed by atoms with Gasteiger partial charge >= 0.3 is 0 Å². The van der Waals surface area contributed by atoms with E-state index in [1.165, 1.54) is 0 Å². The number of piperidine rings is 1. The van der Waals surface area contributed by atoms with Gasteiger partial charge in [0.1, 0.15) is 5.75 Å². The number of anilines is 1. The Morgan fingerprint density at radius 1 is 1.33 bits per heavy atom. The van der Waals surface area contributed by atoms with Crippen molar-refractivity contribution < 1.29 is 9.53 Å². The third-order valence-electron chi connectivity index (χ3n) is 3.88. The van der Waals surface area contributed by atoms with Crippen molar-refractivity contribution in [3.8, 4) is 5.75 Å². The molecule has 1 aliphatic heterocycles. The summed E-state index contributed by atoms with van der Waals surface area (Å²) in [7, 11) is 0. The van der Waals surface area contributed by atoms with E-state index in [1.54, 1.807) is 0 Å². The lowest BCUT2D eigenvalue weighted by Crippen LogP contribution is -2.53. The molecule has 4 nitrogen and oxygen atoms in total. The van der Waals surface area contributed by atoms with Crippen molar-refractivity contribution in [3.63, 3.8) is 0 Å². The standard InChI is InChI=1S/C17H26N2O2/c1-12(2)21-14-8-6-13(7-9-14)19-16(20)15-17(3,4)10-5-11-18-15/h6-9,12,15,18H,5,10-11H2,1-4H3,(H,19,20). The van der Waals surface area contributed by atoms with Crippen molar-refractivity contribution in [1.82, 2.24) is 5.32 Å². The van der Waals surface area contributed by atoms with E-state index in [-0.39, 0.29) is 23.5 Å². The molecule has 0 bridgehead atoms. The quantitative estimate of drug-likeness (QED) is 0.895. The van der Waals surface area contributed by atoms with E-state index in [1.807, 2.05) is 38.1 Å². The van der Waals surface area contributed by atoms with Gasteiger partial charge in [0.25, 0.3) is 0 Å². The number of amides is 1. The van der Waals surface area contributed by atoms with Crippen LogP contribution in [0.5, 0.6) is 5.75 Å². The first kappa shape index (κ1) is 15.8. The first-order chi connectivity index (χ1) is 9.88. The summed E-state index contributed by atoms with van der Waals surface area (Å²) >= 11 is 0. The number of ether oxygens (including phenoxy) is 1. The zero-order valence-electron chi connectivity index (χ0n) is 13.4. The Morgan fingerprint density at radius 2 is 2.00 bits per heavy atom. The number of hydrogen-bond acceptors (Lipinski definition) is 3. The van der Waals surface area contributed by atoms with E-state index >= 15 is 0 Å². The summed E-state index contributed by atoms with van der Waals surface area (Å²) in [5, 5.41) is 6.32. The molecule has 0 radical (unpaired) electrons. The molecule has 1 amide bonds. The molecule has 1 saturated heterocycles. The maximum Gasteiger partial charge on any atom is 0.242 e. The van der Waals surface area contributed by atoms with Crippen LogP contribution >= 0.6 is 0 Å². The highest BCUT2D eigenvalue weighted by molar-refractivity contribution is 5.95. The Morgan fingerprint density at radius 3 is 2.57 bits per heavy atom. The van der Waals surface area contributed by atoms with Crippen LogP contribution in [0.15, 0.2) is 24.3 Å². The summed E-state index contributed by atoms with van der Waals surface area (Å²) in [6, 6.07) is 7.39. The monoisotopic (exact) mass is 290 g/mol. The van der Waals surface area contributed by atoms with Gasteiger partial charge in [0.15, 0.2) is 0 Å². The molecule has 1 aliphatic rings. The van der Waals surface area contributed by atoms with E-state index in [4.69, 9.17) is 4.74 Å². The van der Waals surface area contributed by atoms with Gasteiger partial charge < -0.3 is 15.4 Å². The van der Waals surface area contributed by atoms with Crippen LogP contribution in [0.2, 0.25) is 0 Å². The van der Waals surface area contributed by atoms with Crippen molar-refractivity contribution in [2.24, 2.45) is 5.41 Å². The Balaban J connectivity index is 1.99. The third kappa shape index (κ3) is 4.21. The Bertz CT molecular complexity index is 480. The summed E-state index contributed by atoms with van der Waals surface area (Å²) in [5.41, 5.74) is 0.794. The summed E-state index contributed by atoms with van der Waals surface area (Å²) in [6.07, 6.45) is 2.34. The molecule has 1 heterocycles. The molecule has 0 saturated carbocycles. The highest BCUT2D eigenvalue weighted by Crippen LogP contribution is 2.30. The maximum absolute atomic E-state index is 12.4. The molecule has 1 atom stereocenters. The zero-order valence-corrected chi connectivity index (χ0v) is 13.4. The predicted molar refractivity (Wildman–Crippen MR) is 85.6 cm³/mol. The molecule has 1 aromatic carbocycles. The minimum atomic E-state index is -0.141. The molecule has 21 heavy (non-hydrogen) atoms. The largest absolute Gasteiger partial charge is 0.491 e. The molecule has 1 fully saturated rings. The van der Waals surface area contributed by atoms with Gasteiger partial charge in [-0.15, -0.1) is 0 Å². The van der Waals surface area contributed by atoms with Gasteiger partial charge in [-0.2, -0.15) is 0 Å². The zero-order chi connectivity index (χ0) is 15.5. The lowest BCUT2D eigenvalue weighted by Gasteiger charge is -2.38. The normalized spacial score (nSPS) is 21.1. The fourth-order valence-electron chi connectivity index (χ4n) is 2.76. The van der Waals surface area contributed by atoms with Crippen LogP contribution in [0.3, 0.4) is 0 Å². The van der Waals surface area contributed by atoms with Crippen molar-refractivity contribution in [2.45, 2.75) is 52.7 Å². The summed E-state index contributed by atoms with van der Waals surface area (Å²) in [6.45, 7) is 9.17. The van der Waals surface area contributed by atoms with Gasteiger partial charge in [0.2, 0.25) is 5.91 Å². The minimum Gasteiger partial charge on any atom is -0.491 e. The van der Waals surface area contributed by atoms with Gasteiger partial charge in [0, 0.05) is 5.69 Å². The van der Waals surface area contributed by atoms with Crippen LogP contribution in [0, 0.1) is 5.41 Å². The van der Waals surface area contributed by atoms with E-state index < -0.39 is 0 Å². The van der Waals surface area contributed by atoms with Crippen molar-refractivity contribution in [2.75, 3.05) is 11.9 Å². The molecule has 0 aromatic heterocycles. The van der Waals surface area contributed by atoms with E-state index in [0.717, 1.165) is 30.8 Å². The van der Waals surface area contributed by atoms with Crippen molar-refractivity contribution in [3.05, 3.63) is 24.3 Å². The molecule has 1 unspecified atom stereocenters. The smallest absolute Gasteiger partial charge is 0.242 e. The molecule has 4 heteroatoms. The third-order valence-corrected chi connectivity index (χ3v) is 3.88. The fourth-order valence-corrected chi connectivity index (χ4v) is 2.76. The van der Waals surface area contributed by atoms with Gasteiger partial charge in [-0.05, 0) is 62.9 Å².